The van der Waals surface area contributed by atoms with E-state index in [1.165, 1.54) is 17.7 Å². The molecule has 0 unspecified atom stereocenters. The highest BCUT2D eigenvalue weighted by Crippen LogP contribution is 2.35. The van der Waals surface area contributed by atoms with Crippen LogP contribution in [0.4, 0.5) is 0 Å². The van der Waals surface area contributed by atoms with Crippen LogP contribution in [-0.4, -0.2) is 21.6 Å². The van der Waals surface area contributed by atoms with Gasteiger partial charge >= 0.3 is 0 Å². The topological polar surface area (TPSA) is 42.2 Å². The number of thiophene rings is 1. The monoisotopic (exact) mass is 291 g/mol. The van der Waals surface area contributed by atoms with Crippen molar-refractivity contribution in [2.24, 2.45) is 0 Å². The molecule has 3 heterocycles. The zero-order chi connectivity index (χ0) is 14.2. The minimum absolute atomic E-state index is 0.0556. The van der Waals surface area contributed by atoms with Gasteiger partial charge in [0.2, 0.25) is 5.89 Å². The summed E-state index contributed by atoms with van der Waals surface area (Å²) >= 11 is 1.84. The molecule has 0 saturated carbocycles. The molecule has 0 aromatic carbocycles. The first-order valence-electron chi connectivity index (χ1n) is 7.14. The molecule has 0 amide bonds. The first kappa shape index (κ1) is 13.8. The first-order chi connectivity index (χ1) is 9.54. The third-order valence-corrected chi connectivity index (χ3v) is 4.69. The fraction of sp³-hybridized carbons (Fsp3) is 0.600. The highest BCUT2D eigenvalue weighted by Gasteiger charge is 2.29. The van der Waals surface area contributed by atoms with E-state index in [0.717, 1.165) is 24.8 Å². The van der Waals surface area contributed by atoms with Gasteiger partial charge in [0.1, 0.15) is 0 Å². The van der Waals surface area contributed by atoms with Crippen molar-refractivity contribution in [2.45, 2.75) is 51.6 Å². The lowest BCUT2D eigenvalue weighted by Gasteiger charge is -2.21. The Balaban J connectivity index is 1.72. The number of likely N-dealkylation sites (tertiary alicyclic amines) is 1. The lowest BCUT2D eigenvalue weighted by molar-refractivity contribution is 0.214. The Bertz CT molecular complexity index is 556. The largest absolute Gasteiger partial charge is 0.338 e. The molecule has 0 N–H and O–H groups in total. The summed E-state index contributed by atoms with van der Waals surface area (Å²) < 4.78 is 5.42. The maximum Gasteiger partial charge on any atom is 0.240 e. The van der Waals surface area contributed by atoms with Gasteiger partial charge in [-0.1, -0.05) is 32.0 Å². The second kappa shape index (κ2) is 5.30. The quantitative estimate of drug-likeness (QED) is 0.863. The predicted octanol–water partition coefficient (Wildman–Crippen LogP) is 3.77. The van der Waals surface area contributed by atoms with Crippen molar-refractivity contribution in [1.82, 2.24) is 15.0 Å². The Morgan fingerprint density at radius 1 is 1.45 bits per heavy atom. The maximum absolute atomic E-state index is 5.42. The molecule has 108 valence electrons. The van der Waals surface area contributed by atoms with Crippen LogP contribution in [0.5, 0.6) is 0 Å². The van der Waals surface area contributed by atoms with Gasteiger partial charge in [0.25, 0.3) is 0 Å². The second-order valence-electron chi connectivity index (χ2n) is 6.41. The van der Waals surface area contributed by atoms with Crippen LogP contribution in [0.25, 0.3) is 0 Å². The predicted molar refractivity (Wildman–Crippen MR) is 79.7 cm³/mol. The Labute approximate surface area is 123 Å². The third kappa shape index (κ3) is 2.79. The van der Waals surface area contributed by atoms with Gasteiger partial charge in [0, 0.05) is 16.3 Å². The first-order valence-corrected chi connectivity index (χ1v) is 8.02. The lowest BCUT2D eigenvalue weighted by Crippen LogP contribution is -2.22. The van der Waals surface area contributed by atoms with E-state index < -0.39 is 0 Å². The Morgan fingerprint density at radius 2 is 2.30 bits per heavy atom. The molecule has 2 aromatic heterocycles. The number of hydrogen-bond donors (Lipinski definition) is 0. The molecule has 0 spiro atoms. The fourth-order valence-electron chi connectivity index (χ4n) is 2.62. The average molecular weight is 291 g/mol. The van der Waals surface area contributed by atoms with Crippen molar-refractivity contribution in [2.75, 3.05) is 6.54 Å². The molecule has 0 radical (unpaired) electrons. The van der Waals surface area contributed by atoms with E-state index in [2.05, 4.69) is 53.3 Å². The van der Waals surface area contributed by atoms with E-state index in [4.69, 9.17) is 4.52 Å². The van der Waals surface area contributed by atoms with Crippen LogP contribution in [0.2, 0.25) is 0 Å². The van der Waals surface area contributed by atoms with Gasteiger partial charge in [-0.05, 0) is 30.8 Å². The van der Waals surface area contributed by atoms with Gasteiger partial charge in [-0.2, -0.15) is 4.98 Å². The van der Waals surface area contributed by atoms with Crippen molar-refractivity contribution in [3.05, 3.63) is 34.1 Å². The summed E-state index contributed by atoms with van der Waals surface area (Å²) in [5, 5.41) is 6.26. The number of aromatic nitrogens is 2. The van der Waals surface area contributed by atoms with E-state index >= 15 is 0 Å². The van der Waals surface area contributed by atoms with E-state index in [1.54, 1.807) is 0 Å². The molecule has 1 aliphatic rings. The molecule has 2 aromatic rings. The molecule has 5 heteroatoms. The lowest BCUT2D eigenvalue weighted by atomic mass is 9.96. The van der Waals surface area contributed by atoms with Crippen LogP contribution in [0.15, 0.2) is 22.0 Å². The van der Waals surface area contributed by atoms with Crippen molar-refractivity contribution in [3.63, 3.8) is 0 Å². The molecule has 0 aliphatic carbocycles. The Hall–Kier alpha value is -1.20. The smallest absolute Gasteiger partial charge is 0.240 e. The highest BCUT2D eigenvalue weighted by atomic mass is 32.1. The standard InChI is InChI=1S/C15H21N3OS/c1-15(2,3)14-16-13(19-17-14)10-18-8-4-6-11(18)12-7-5-9-20-12/h5,7,9,11H,4,6,8,10H2,1-3H3/t11-/m0/s1. The van der Waals surface area contributed by atoms with Crippen molar-refractivity contribution < 1.29 is 4.52 Å². The van der Waals surface area contributed by atoms with Crippen molar-refractivity contribution in [3.8, 4) is 0 Å². The van der Waals surface area contributed by atoms with Crippen LogP contribution in [0.3, 0.4) is 0 Å². The van der Waals surface area contributed by atoms with Crippen molar-refractivity contribution in [1.29, 1.82) is 0 Å². The van der Waals surface area contributed by atoms with Crippen LogP contribution in [0.1, 0.15) is 56.2 Å². The molecule has 1 saturated heterocycles. The van der Waals surface area contributed by atoms with E-state index in [-0.39, 0.29) is 5.41 Å². The molecular weight excluding hydrogens is 270 g/mol. The number of hydrogen-bond acceptors (Lipinski definition) is 5. The van der Waals surface area contributed by atoms with Gasteiger partial charge in [0.05, 0.1) is 6.54 Å². The normalized spacial score (nSPS) is 20.6. The zero-order valence-corrected chi connectivity index (χ0v) is 13.1. The van der Waals surface area contributed by atoms with Gasteiger partial charge in [-0.25, -0.2) is 0 Å². The average Bonchev–Trinajstić information content (AvgIpc) is 3.08. The summed E-state index contributed by atoms with van der Waals surface area (Å²) in [5.74, 6) is 1.53. The third-order valence-electron chi connectivity index (χ3n) is 3.71. The highest BCUT2D eigenvalue weighted by molar-refractivity contribution is 7.10. The molecule has 4 nitrogen and oxygen atoms in total. The molecule has 1 atom stereocenters. The zero-order valence-electron chi connectivity index (χ0n) is 12.3. The SMILES string of the molecule is CC(C)(C)c1noc(CN2CCC[C@H]2c2cccs2)n1. The molecule has 20 heavy (non-hydrogen) atoms. The van der Waals surface area contributed by atoms with Gasteiger partial charge < -0.3 is 4.52 Å². The van der Waals surface area contributed by atoms with E-state index in [1.807, 2.05) is 11.3 Å². The second-order valence-corrected chi connectivity index (χ2v) is 7.38. The number of rotatable bonds is 3. The Kier molecular flexibility index (Phi) is 3.65. The molecule has 1 fully saturated rings. The Morgan fingerprint density at radius 3 is 2.95 bits per heavy atom. The molecule has 3 rings (SSSR count). The van der Waals surface area contributed by atoms with Crippen LogP contribution < -0.4 is 0 Å². The minimum atomic E-state index is -0.0556. The maximum atomic E-state index is 5.42. The molecular formula is C15H21N3OS. The summed E-state index contributed by atoms with van der Waals surface area (Å²) in [6.45, 7) is 8.17. The van der Waals surface area contributed by atoms with Crippen LogP contribution in [0, 0.1) is 0 Å². The molecule has 0 bridgehead atoms. The summed E-state index contributed by atoms with van der Waals surface area (Å²) in [6.07, 6.45) is 2.46. The summed E-state index contributed by atoms with van der Waals surface area (Å²) in [7, 11) is 0. The van der Waals surface area contributed by atoms with Gasteiger partial charge in [-0.15, -0.1) is 11.3 Å². The molecule has 1 aliphatic heterocycles. The fourth-order valence-corrected chi connectivity index (χ4v) is 3.51. The minimum Gasteiger partial charge on any atom is -0.338 e. The number of nitrogens with zero attached hydrogens (tertiary/aromatic N) is 3. The van der Waals surface area contributed by atoms with Gasteiger partial charge in [0.15, 0.2) is 5.82 Å². The van der Waals surface area contributed by atoms with Gasteiger partial charge in [-0.3, -0.25) is 4.90 Å². The summed E-state index contributed by atoms with van der Waals surface area (Å²) in [4.78, 5) is 8.44. The summed E-state index contributed by atoms with van der Waals surface area (Å²) in [6, 6.07) is 4.86. The van der Waals surface area contributed by atoms with E-state index in [9.17, 15) is 0 Å². The van der Waals surface area contributed by atoms with Crippen molar-refractivity contribution >= 4 is 11.3 Å². The van der Waals surface area contributed by atoms with Crippen LogP contribution >= 0.6 is 11.3 Å². The van der Waals surface area contributed by atoms with Crippen LogP contribution in [-0.2, 0) is 12.0 Å². The van der Waals surface area contributed by atoms with E-state index in [0.29, 0.717) is 6.04 Å². The summed E-state index contributed by atoms with van der Waals surface area (Å²) in [5.41, 5.74) is -0.0556.